The summed E-state index contributed by atoms with van der Waals surface area (Å²) in [5, 5.41) is 18.8. The van der Waals surface area contributed by atoms with Crippen LogP contribution in [-0.4, -0.2) is 56.6 Å². The summed E-state index contributed by atoms with van der Waals surface area (Å²) in [6.45, 7) is -0.462. The van der Waals surface area contributed by atoms with Gasteiger partial charge < -0.3 is 26.4 Å². The number of halogens is 3. The van der Waals surface area contributed by atoms with Crippen LogP contribution < -0.4 is 17.2 Å². The minimum atomic E-state index is -5.08. The zero-order chi connectivity index (χ0) is 19.6. The highest BCUT2D eigenvalue weighted by Gasteiger charge is 2.41. The van der Waals surface area contributed by atoms with Crippen LogP contribution in [0.2, 0.25) is 0 Å². The van der Waals surface area contributed by atoms with Crippen molar-refractivity contribution in [3.8, 4) is 0 Å². The lowest BCUT2D eigenvalue weighted by Crippen LogP contribution is -2.39. The molecule has 1 unspecified atom stereocenters. The van der Waals surface area contributed by atoms with Crippen molar-refractivity contribution >= 4 is 17.7 Å². The molecule has 4 atom stereocenters. The Kier molecular flexibility index (Phi) is 5.81. The summed E-state index contributed by atoms with van der Waals surface area (Å²) in [6, 6.07) is -1.95. The van der Waals surface area contributed by atoms with Crippen LogP contribution >= 0.6 is 0 Å². The Morgan fingerprint density at radius 1 is 1.54 bits per heavy atom. The van der Waals surface area contributed by atoms with Crippen LogP contribution in [0, 0.1) is 0 Å². The molecule has 1 aliphatic heterocycles. The van der Waals surface area contributed by atoms with E-state index in [1.807, 2.05) is 0 Å². The normalized spacial score (nSPS) is 24.9. The maximum atomic E-state index is 12.3. The summed E-state index contributed by atoms with van der Waals surface area (Å²) < 4.78 is 43.3. The molecule has 26 heavy (non-hydrogen) atoms. The number of rotatable bonds is 5. The maximum absolute atomic E-state index is 12.3. The van der Waals surface area contributed by atoms with E-state index in [4.69, 9.17) is 21.3 Å². The average Bonchev–Trinajstić information content (AvgIpc) is 2.92. The van der Waals surface area contributed by atoms with Gasteiger partial charge in [-0.15, -0.1) is 0 Å². The molecule has 2 heterocycles. The van der Waals surface area contributed by atoms with Crippen LogP contribution in [0.5, 0.6) is 0 Å². The van der Waals surface area contributed by atoms with Crippen molar-refractivity contribution in [2.24, 2.45) is 5.73 Å². The number of ether oxygens (including phenoxy) is 1. The summed E-state index contributed by atoms with van der Waals surface area (Å²) in [5.74, 6) is -2.42. The summed E-state index contributed by atoms with van der Waals surface area (Å²) >= 11 is 0. The number of carbonyl (C=O) groups is 1. The second-order valence-electron chi connectivity index (χ2n) is 5.63. The molecular formula is C14H17F3N4O5. The minimum absolute atomic E-state index is 0.00798. The fraction of sp³-hybridized carbons (Fsp3) is 0.500. The Labute approximate surface area is 144 Å². The topological polar surface area (TPSA) is 154 Å². The molecule has 0 aliphatic carbocycles. The van der Waals surface area contributed by atoms with Gasteiger partial charge in [-0.3, -0.25) is 9.36 Å². The number of ketones is 1. The number of hydrogen-bond acceptors (Lipinski definition) is 8. The highest BCUT2D eigenvalue weighted by atomic mass is 19.4. The molecule has 2 rings (SSSR count). The zero-order valence-corrected chi connectivity index (χ0v) is 13.3. The number of nitrogens with zero attached hydrogens (tertiary/aromatic N) is 2. The molecule has 1 aliphatic rings. The van der Waals surface area contributed by atoms with E-state index in [1.165, 1.54) is 0 Å². The molecule has 9 nitrogen and oxygen atoms in total. The third-order valence-electron chi connectivity index (χ3n) is 3.77. The second-order valence-corrected chi connectivity index (χ2v) is 5.63. The Morgan fingerprint density at radius 2 is 2.19 bits per heavy atom. The molecule has 0 amide bonds. The Bertz CT molecular complexity index is 764. The highest BCUT2D eigenvalue weighted by molar-refractivity contribution is 5.91. The Morgan fingerprint density at radius 3 is 2.73 bits per heavy atom. The standard InChI is InChI=1S/C14H17F3N4O5/c15-14(16,17)11(24)7(18)2-1-6-4-21(13(25)20-12(6)19)10-3-8(23)9(5-22)26-10/h1-2,4,7-10,22-23H,3,5,18H2,(H2,19,20,25)/t7?,8-,9+,10+/m0/s1. The lowest BCUT2D eigenvalue weighted by molar-refractivity contribution is -0.171. The summed E-state index contributed by atoms with van der Waals surface area (Å²) in [5.41, 5.74) is 9.95. The fourth-order valence-electron chi connectivity index (χ4n) is 2.37. The van der Waals surface area contributed by atoms with Gasteiger partial charge in [-0.05, 0) is 0 Å². The lowest BCUT2D eigenvalue weighted by Gasteiger charge is -2.15. The van der Waals surface area contributed by atoms with Gasteiger partial charge in [0.15, 0.2) is 0 Å². The molecule has 6 N–H and O–H groups in total. The number of nitrogen functional groups attached to an aromatic ring is 1. The monoisotopic (exact) mass is 378 g/mol. The van der Waals surface area contributed by atoms with E-state index in [0.717, 1.165) is 22.9 Å². The summed E-state index contributed by atoms with van der Waals surface area (Å²) in [6.07, 6.45) is -4.97. The van der Waals surface area contributed by atoms with Crippen LogP contribution in [0.3, 0.4) is 0 Å². The molecule has 1 saturated heterocycles. The van der Waals surface area contributed by atoms with Crippen LogP contribution in [0.25, 0.3) is 6.08 Å². The number of aliphatic hydroxyl groups excluding tert-OH is 2. The van der Waals surface area contributed by atoms with E-state index in [-0.39, 0.29) is 17.8 Å². The van der Waals surface area contributed by atoms with E-state index in [1.54, 1.807) is 0 Å². The van der Waals surface area contributed by atoms with Gasteiger partial charge in [0.1, 0.15) is 18.1 Å². The number of nitrogens with two attached hydrogens (primary N) is 2. The Hall–Kier alpha value is -2.28. The molecule has 0 saturated carbocycles. The first-order chi connectivity index (χ1) is 12.0. The van der Waals surface area contributed by atoms with Gasteiger partial charge in [-0.2, -0.15) is 18.2 Å². The van der Waals surface area contributed by atoms with Crippen molar-refractivity contribution in [1.82, 2.24) is 9.55 Å². The van der Waals surface area contributed by atoms with Crippen molar-refractivity contribution in [1.29, 1.82) is 0 Å². The number of hydrogen-bond donors (Lipinski definition) is 4. The van der Waals surface area contributed by atoms with Gasteiger partial charge >= 0.3 is 11.9 Å². The second kappa shape index (κ2) is 7.53. The number of Topliss-reactive ketones (excluding diaryl/α,β-unsaturated/α-hetero) is 1. The van der Waals surface area contributed by atoms with Gasteiger partial charge in [0.25, 0.3) is 5.78 Å². The Balaban J connectivity index is 2.27. The van der Waals surface area contributed by atoms with Crippen molar-refractivity contribution in [2.75, 3.05) is 12.3 Å². The molecule has 144 valence electrons. The predicted octanol–water partition coefficient (Wildman–Crippen LogP) is -1.06. The van der Waals surface area contributed by atoms with E-state index >= 15 is 0 Å². The van der Waals surface area contributed by atoms with Gasteiger partial charge in [0.2, 0.25) is 0 Å². The average molecular weight is 378 g/mol. The van der Waals surface area contributed by atoms with E-state index in [0.29, 0.717) is 0 Å². The van der Waals surface area contributed by atoms with Gasteiger partial charge in [-0.25, -0.2) is 4.79 Å². The van der Waals surface area contributed by atoms with Crippen LogP contribution in [-0.2, 0) is 9.53 Å². The van der Waals surface area contributed by atoms with Crippen molar-refractivity contribution in [3.63, 3.8) is 0 Å². The number of alkyl halides is 3. The highest BCUT2D eigenvalue weighted by Crippen LogP contribution is 2.28. The van der Waals surface area contributed by atoms with Gasteiger partial charge in [0, 0.05) is 18.2 Å². The first kappa shape index (κ1) is 20.0. The largest absolute Gasteiger partial charge is 0.452 e. The summed E-state index contributed by atoms with van der Waals surface area (Å²) in [4.78, 5) is 26.5. The smallest absolute Gasteiger partial charge is 0.394 e. The molecule has 0 aromatic carbocycles. The summed E-state index contributed by atoms with van der Waals surface area (Å²) in [7, 11) is 0. The maximum Gasteiger partial charge on any atom is 0.452 e. The SMILES string of the molecule is Nc1nc(=O)n([C@H]2C[C@H](O)[C@@H](CO)O2)cc1C=CC(N)C(=O)C(F)(F)F. The zero-order valence-electron chi connectivity index (χ0n) is 13.3. The molecule has 1 fully saturated rings. The lowest BCUT2D eigenvalue weighted by atomic mass is 10.1. The van der Waals surface area contributed by atoms with Crippen molar-refractivity contribution in [3.05, 3.63) is 28.3 Å². The van der Waals surface area contributed by atoms with Crippen LogP contribution in [0.15, 0.2) is 17.1 Å². The quantitative estimate of drug-likeness (QED) is 0.505. The molecule has 0 radical (unpaired) electrons. The van der Waals surface area contributed by atoms with Crippen LogP contribution in [0.4, 0.5) is 19.0 Å². The minimum Gasteiger partial charge on any atom is -0.394 e. The van der Waals surface area contributed by atoms with Gasteiger partial charge in [0.05, 0.1) is 18.8 Å². The third-order valence-corrected chi connectivity index (χ3v) is 3.77. The number of anilines is 1. The first-order valence-electron chi connectivity index (χ1n) is 7.42. The van der Waals surface area contributed by atoms with Gasteiger partial charge in [-0.1, -0.05) is 12.2 Å². The van der Waals surface area contributed by atoms with E-state index in [9.17, 15) is 27.9 Å². The molecule has 0 spiro atoms. The molecule has 1 aromatic rings. The van der Waals surface area contributed by atoms with E-state index in [2.05, 4.69) is 4.98 Å². The third kappa shape index (κ3) is 4.27. The molecule has 1 aromatic heterocycles. The number of aliphatic hydroxyl groups is 2. The number of aromatic nitrogens is 2. The van der Waals surface area contributed by atoms with E-state index < -0.39 is 48.7 Å². The predicted molar refractivity (Wildman–Crippen MR) is 82.6 cm³/mol. The molecule has 12 heteroatoms. The fourth-order valence-corrected chi connectivity index (χ4v) is 2.37. The van der Waals surface area contributed by atoms with Crippen LogP contribution in [0.1, 0.15) is 18.2 Å². The molecular weight excluding hydrogens is 361 g/mol. The van der Waals surface area contributed by atoms with Crippen molar-refractivity contribution < 1.29 is 32.9 Å². The first-order valence-corrected chi connectivity index (χ1v) is 7.42. The molecule has 0 bridgehead atoms. The number of carbonyl (C=O) groups excluding carboxylic acids is 1. The van der Waals surface area contributed by atoms with Crippen molar-refractivity contribution in [2.45, 2.75) is 37.1 Å².